The summed E-state index contributed by atoms with van der Waals surface area (Å²) < 4.78 is 1.40. The first-order valence-corrected chi connectivity index (χ1v) is 3.55. The average Bonchev–Trinajstić information content (AvgIpc) is 1.84. The van der Waals surface area contributed by atoms with Gasteiger partial charge in [-0.1, -0.05) is 0 Å². The minimum Gasteiger partial charge on any atom is -0.711 e. The zero-order valence-electron chi connectivity index (χ0n) is 5.47. The van der Waals surface area contributed by atoms with Gasteiger partial charge in [-0.05, 0) is 28.4 Å². The standard InChI is InChI=1S/C6H7BrN2O/c1-4-2-6(8)9(10)3-5(4)7/h2-3H,8H2,1H3. The van der Waals surface area contributed by atoms with Crippen LogP contribution in [0, 0.1) is 12.1 Å². The topological polar surface area (TPSA) is 53.0 Å². The molecule has 0 aliphatic heterocycles. The Morgan fingerprint density at radius 3 is 2.80 bits per heavy atom. The Hall–Kier alpha value is -0.770. The van der Waals surface area contributed by atoms with Crippen LogP contribution < -0.4 is 10.5 Å². The van der Waals surface area contributed by atoms with Crippen LogP contribution in [0.5, 0.6) is 0 Å². The van der Waals surface area contributed by atoms with Crippen LogP contribution in [-0.4, -0.2) is 0 Å². The van der Waals surface area contributed by atoms with Crippen molar-refractivity contribution in [2.45, 2.75) is 6.92 Å². The molecule has 0 atom stereocenters. The van der Waals surface area contributed by atoms with Crippen LogP contribution in [0.2, 0.25) is 0 Å². The van der Waals surface area contributed by atoms with Gasteiger partial charge in [-0.3, -0.25) is 5.73 Å². The molecule has 1 aromatic heterocycles. The number of hydrogen-bond donors (Lipinski definition) is 1. The summed E-state index contributed by atoms with van der Waals surface area (Å²) in [5.74, 6) is 0.223. The molecule has 1 rings (SSSR count). The number of nitrogen functional groups attached to an aromatic ring is 1. The summed E-state index contributed by atoms with van der Waals surface area (Å²) in [5.41, 5.74) is 6.28. The number of anilines is 1. The summed E-state index contributed by atoms with van der Waals surface area (Å²) in [6, 6.07) is 1.62. The van der Waals surface area contributed by atoms with E-state index >= 15 is 0 Å². The molecule has 0 saturated carbocycles. The average molecular weight is 203 g/mol. The van der Waals surface area contributed by atoms with E-state index < -0.39 is 0 Å². The summed E-state index contributed by atoms with van der Waals surface area (Å²) in [5, 5.41) is 10.8. The van der Waals surface area contributed by atoms with Crippen molar-refractivity contribution in [1.82, 2.24) is 0 Å². The van der Waals surface area contributed by atoms with Crippen molar-refractivity contribution in [1.29, 1.82) is 0 Å². The van der Waals surface area contributed by atoms with Crippen molar-refractivity contribution < 1.29 is 4.73 Å². The normalized spacial score (nSPS) is 9.80. The fraction of sp³-hybridized carbons (Fsp3) is 0.167. The maximum Gasteiger partial charge on any atom is 0.275 e. The highest BCUT2D eigenvalue weighted by atomic mass is 79.9. The van der Waals surface area contributed by atoms with Gasteiger partial charge in [0.25, 0.3) is 5.82 Å². The SMILES string of the molecule is Cc1cc(N)[n+]([O-])cc1Br. The van der Waals surface area contributed by atoms with Crippen LogP contribution in [0.4, 0.5) is 5.82 Å². The van der Waals surface area contributed by atoms with Gasteiger partial charge in [0.15, 0.2) is 0 Å². The lowest BCUT2D eigenvalue weighted by Crippen LogP contribution is -2.30. The lowest BCUT2D eigenvalue weighted by Gasteiger charge is -2.05. The highest BCUT2D eigenvalue weighted by Crippen LogP contribution is 2.13. The third-order valence-electron chi connectivity index (χ3n) is 1.23. The first kappa shape index (κ1) is 7.34. The second kappa shape index (κ2) is 2.46. The predicted molar refractivity (Wildman–Crippen MR) is 42.3 cm³/mol. The summed E-state index contributed by atoms with van der Waals surface area (Å²) in [6.07, 6.45) is 1.39. The first-order chi connectivity index (χ1) is 4.61. The van der Waals surface area contributed by atoms with Crippen LogP contribution >= 0.6 is 15.9 Å². The van der Waals surface area contributed by atoms with E-state index in [0.717, 1.165) is 10.0 Å². The van der Waals surface area contributed by atoms with Crippen LogP contribution in [0.3, 0.4) is 0 Å². The van der Waals surface area contributed by atoms with E-state index in [2.05, 4.69) is 15.9 Å². The van der Waals surface area contributed by atoms with E-state index in [0.29, 0.717) is 4.73 Å². The van der Waals surface area contributed by atoms with Gasteiger partial charge in [0.1, 0.15) is 6.20 Å². The molecule has 0 spiro atoms. The van der Waals surface area contributed by atoms with E-state index in [1.54, 1.807) is 6.07 Å². The smallest absolute Gasteiger partial charge is 0.275 e. The van der Waals surface area contributed by atoms with E-state index in [-0.39, 0.29) is 5.82 Å². The largest absolute Gasteiger partial charge is 0.711 e. The summed E-state index contributed by atoms with van der Waals surface area (Å²) in [7, 11) is 0. The molecule has 1 heterocycles. The van der Waals surface area contributed by atoms with Crippen molar-refractivity contribution in [3.63, 3.8) is 0 Å². The minimum atomic E-state index is 0.223. The molecule has 0 radical (unpaired) electrons. The molecule has 0 saturated heterocycles. The number of nitrogens with two attached hydrogens (primary N) is 1. The highest BCUT2D eigenvalue weighted by Gasteiger charge is 2.00. The Morgan fingerprint density at radius 2 is 2.30 bits per heavy atom. The molecule has 54 valence electrons. The molecule has 4 heteroatoms. The van der Waals surface area contributed by atoms with Gasteiger partial charge in [0, 0.05) is 6.07 Å². The van der Waals surface area contributed by atoms with Gasteiger partial charge in [0.2, 0.25) is 0 Å². The molecular formula is C6H7BrN2O. The molecule has 10 heavy (non-hydrogen) atoms. The molecule has 0 amide bonds. The molecule has 1 aromatic rings. The number of halogens is 1. The van der Waals surface area contributed by atoms with Gasteiger partial charge in [-0.2, -0.15) is 0 Å². The number of nitrogens with zero attached hydrogens (tertiary/aromatic N) is 1. The molecule has 0 unspecified atom stereocenters. The van der Waals surface area contributed by atoms with Gasteiger partial charge in [-0.25, -0.2) is 4.73 Å². The van der Waals surface area contributed by atoms with Gasteiger partial charge < -0.3 is 5.21 Å². The fourth-order valence-corrected chi connectivity index (χ4v) is 0.934. The zero-order valence-corrected chi connectivity index (χ0v) is 7.05. The second-order valence-electron chi connectivity index (χ2n) is 2.06. The molecule has 0 aliphatic carbocycles. The first-order valence-electron chi connectivity index (χ1n) is 2.76. The van der Waals surface area contributed by atoms with Gasteiger partial charge >= 0.3 is 0 Å². The maximum atomic E-state index is 10.8. The molecule has 0 aromatic carbocycles. The quantitative estimate of drug-likeness (QED) is 0.504. The Labute approximate surface area is 67.2 Å². The lowest BCUT2D eigenvalue weighted by atomic mass is 10.3. The molecule has 0 aliphatic rings. The Balaban J connectivity index is 3.28. The zero-order chi connectivity index (χ0) is 7.72. The molecular weight excluding hydrogens is 196 g/mol. The van der Waals surface area contributed by atoms with E-state index in [9.17, 15) is 5.21 Å². The van der Waals surface area contributed by atoms with Crippen molar-refractivity contribution in [2.75, 3.05) is 5.73 Å². The fourth-order valence-electron chi connectivity index (χ4n) is 0.634. The highest BCUT2D eigenvalue weighted by molar-refractivity contribution is 9.10. The summed E-state index contributed by atoms with van der Waals surface area (Å²) in [6.45, 7) is 1.88. The van der Waals surface area contributed by atoms with Crippen LogP contribution in [0.15, 0.2) is 16.7 Å². The molecule has 3 nitrogen and oxygen atoms in total. The maximum absolute atomic E-state index is 10.8. The number of pyridine rings is 1. The monoisotopic (exact) mass is 202 g/mol. The van der Waals surface area contributed by atoms with E-state index in [1.807, 2.05) is 6.92 Å². The summed E-state index contributed by atoms with van der Waals surface area (Å²) in [4.78, 5) is 0. The third kappa shape index (κ3) is 1.21. The molecule has 0 fully saturated rings. The Bertz CT molecular complexity index is 212. The Morgan fingerprint density at radius 1 is 1.70 bits per heavy atom. The molecule has 0 bridgehead atoms. The van der Waals surface area contributed by atoms with Crippen molar-refractivity contribution in [3.05, 3.63) is 27.5 Å². The number of aryl methyl sites for hydroxylation is 1. The lowest BCUT2D eigenvalue weighted by molar-refractivity contribution is -0.590. The number of hydrogen-bond acceptors (Lipinski definition) is 2. The van der Waals surface area contributed by atoms with E-state index in [4.69, 9.17) is 5.73 Å². The number of aromatic nitrogens is 1. The van der Waals surface area contributed by atoms with Crippen LogP contribution in [-0.2, 0) is 0 Å². The van der Waals surface area contributed by atoms with Gasteiger partial charge in [-0.15, -0.1) is 0 Å². The Kier molecular flexibility index (Phi) is 1.80. The van der Waals surface area contributed by atoms with Crippen molar-refractivity contribution >= 4 is 21.7 Å². The van der Waals surface area contributed by atoms with Crippen molar-refractivity contribution in [3.8, 4) is 0 Å². The minimum absolute atomic E-state index is 0.223. The third-order valence-corrected chi connectivity index (χ3v) is 2.06. The predicted octanol–water partition coefficient (Wildman–Crippen LogP) is 0.973. The molecule has 2 N–H and O–H groups in total. The van der Waals surface area contributed by atoms with E-state index in [1.165, 1.54) is 6.20 Å². The van der Waals surface area contributed by atoms with Gasteiger partial charge in [0.05, 0.1) is 4.47 Å². The van der Waals surface area contributed by atoms with Crippen molar-refractivity contribution in [2.24, 2.45) is 0 Å². The number of rotatable bonds is 0. The van der Waals surface area contributed by atoms with Crippen LogP contribution in [0.25, 0.3) is 0 Å². The van der Waals surface area contributed by atoms with Crippen LogP contribution in [0.1, 0.15) is 5.56 Å². The summed E-state index contributed by atoms with van der Waals surface area (Å²) >= 11 is 3.20. The second-order valence-corrected chi connectivity index (χ2v) is 2.91.